The van der Waals surface area contributed by atoms with Crippen molar-refractivity contribution in [3.63, 3.8) is 0 Å². The average Bonchev–Trinajstić information content (AvgIpc) is 2.02. The van der Waals surface area contributed by atoms with Crippen LogP contribution in [0.25, 0.3) is 0 Å². The molecular formula is C9H21NO2. The lowest BCUT2D eigenvalue weighted by Gasteiger charge is -2.06. The van der Waals surface area contributed by atoms with Crippen LogP contribution in [-0.2, 0) is 9.47 Å². The zero-order valence-electron chi connectivity index (χ0n) is 8.21. The average molecular weight is 175 g/mol. The minimum atomic E-state index is 0.606. The van der Waals surface area contributed by atoms with Gasteiger partial charge in [-0.2, -0.15) is 0 Å². The van der Waals surface area contributed by atoms with E-state index in [1.807, 2.05) is 0 Å². The number of nitrogens with two attached hydrogens (primary N) is 1. The van der Waals surface area contributed by atoms with E-state index in [1.165, 1.54) is 0 Å². The largest absolute Gasteiger partial charge is 0.379 e. The molecule has 0 aromatic heterocycles. The highest BCUT2D eigenvalue weighted by atomic mass is 16.5. The van der Waals surface area contributed by atoms with Gasteiger partial charge in [-0.1, -0.05) is 13.8 Å². The molecule has 0 heterocycles. The second-order valence-corrected chi connectivity index (χ2v) is 3.22. The molecule has 0 atom stereocenters. The molecule has 0 aromatic carbocycles. The maximum atomic E-state index is 5.32. The van der Waals surface area contributed by atoms with Crippen LogP contribution in [0.4, 0.5) is 0 Å². The summed E-state index contributed by atoms with van der Waals surface area (Å²) in [6.07, 6.45) is 0.935. The van der Waals surface area contributed by atoms with Gasteiger partial charge in [-0.15, -0.1) is 0 Å². The quantitative estimate of drug-likeness (QED) is 0.560. The van der Waals surface area contributed by atoms with E-state index >= 15 is 0 Å². The molecule has 0 aliphatic carbocycles. The Morgan fingerprint density at radius 1 is 1.08 bits per heavy atom. The Morgan fingerprint density at radius 3 is 2.33 bits per heavy atom. The summed E-state index contributed by atoms with van der Waals surface area (Å²) in [6, 6.07) is 0. The van der Waals surface area contributed by atoms with Gasteiger partial charge in [0.1, 0.15) is 0 Å². The lowest BCUT2D eigenvalue weighted by molar-refractivity contribution is 0.0375. The summed E-state index contributed by atoms with van der Waals surface area (Å²) < 4.78 is 10.6. The molecule has 0 aliphatic heterocycles. The second kappa shape index (κ2) is 8.97. The van der Waals surface area contributed by atoms with Gasteiger partial charge in [-0.25, -0.2) is 0 Å². The van der Waals surface area contributed by atoms with E-state index in [0.717, 1.165) is 19.6 Å². The van der Waals surface area contributed by atoms with Crippen LogP contribution in [0.2, 0.25) is 0 Å². The highest BCUT2D eigenvalue weighted by Crippen LogP contribution is 1.91. The molecule has 0 saturated carbocycles. The molecule has 0 aromatic rings. The van der Waals surface area contributed by atoms with Gasteiger partial charge in [-0.3, -0.25) is 0 Å². The molecule has 3 heteroatoms. The van der Waals surface area contributed by atoms with Crippen LogP contribution in [-0.4, -0.2) is 33.0 Å². The molecule has 2 N–H and O–H groups in total. The van der Waals surface area contributed by atoms with Crippen molar-refractivity contribution in [2.24, 2.45) is 11.7 Å². The van der Waals surface area contributed by atoms with Crippen LogP contribution in [0, 0.1) is 5.92 Å². The minimum Gasteiger partial charge on any atom is -0.379 e. The highest BCUT2D eigenvalue weighted by Gasteiger charge is 1.93. The van der Waals surface area contributed by atoms with Crippen LogP contribution in [0.1, 0.15) is 20.3 Å². The molecule has 0 aliphatic rings. The van der Waals surface area contributed by atoms with E-state index in [9.17, 15) is 0 Å². The van der Waals surface area contributed by atoms with Crippen LogP contribution >= 0.6 is 0 Å². The third-order valence-electron chi connectivity index (χ3n) is 1.32. The van der Waals surface area contributed by atoms with Gasteiger partial charge in [0.2, 0.25) is 0 Å². The van der Waals surface area contributed by atoms with Crippen molar-refractivity contribution in [3.8, 4) is 0 Å². The van der Waals surface area contributed by atoms with Crippen LogP contribution in [0.3, 0.4) is 0 Å². The van der Waals surface area contributed by atoms with Gasteiger partial charge in [0.05, 0.1) is 13.2 Å². The lowest BCUT2D eigenvalue weighted by atomic mass is 10.2. The van der Waals surface area contributed by atoms with Crippen LogP contribution in [0.15, 0.2) is 0 Å². The summed E-state index contributed by atoms with van der Waals surface area (Å²) in [5.74, 6) is 0.606. The van der Waals surface area contributed by atoms with E-state index in [1.54, 1.807) is 0 Å². The standard InChI is InChI=1S/C9H21NO2/c1-9(2)8-12-7-6-11-5-3-4-10/h9H,3-8,10H2,1-2H3. The Labute approximate surface area is 75.2 Å². The molecule has 0 fully saturated rings. The van der Waals surface area contributed by atoms with Crippen LogP contribution < -0.4 is 5.73 Å². The summed E-state index contributed by atoms with van der Waals surface area (Å²) in [6.45, 7) is 7.93. The molecular weight excluding hydrogens is 154 g/mol. The smallest absolute Gasteiger partial charge is 0.0700 e. The Morgan fingerprint density at radius 2 is 1.75 bits per heavy atom. The third kappa shape index (κ3) is 9.88. The van der Waals surface area contributed by atoms with Gasteiger partial charge in [-0.05, 0) is 18.9 Å². The molecule has 0 radical (unpaired) electrons. The topological polar surface area (TPSA) is 44.5 Å². The zero-order valence-corrected chi connectivity index (χ0v) is 8.21. The van der Waals surface area contributed by atoms with Gasteiger partial charge < -0.3 is 15.2 Å². The number of hydrogen-bond acceptors (Lipinski definition) is 3. The summed E-state index contributed by atoms with van der Waals surface area (Å²) >= 11 is 0. The maximum Gasteiger partial charge on any atom is 0.0700 e. The van der Waals surface area contributed by atoms with Crippen LogP contribution in [0.5, 0.6) is 0 Å². The first-order valence-corrected chi connectivity index (χ1v) is 4.63. The summed E-state index contributed by atoms with van der Waals surface area (Å²) in [7, 11) is 0. The highest BCUT2D eigenvalue weighted by molar-refractivity contribution is 4.40. The van der Waals surface area contributed by atoms with Crippen molar-refractivity contribution in [1.29, 1.82) is 0 Å². The first-order chi connectivity index (χ1) is 5.77. The predicted octanol–water partition coefficient (Wildman–Crippen LogP) is 1.02. The van der Waals surface area contributed by atoms with Gasteiger partial charge in [0.25, 0.3) is 0 Å². The fourth-order valence-electron chi connectivity index (χ4n) is 0.724. The van der Waals surface area contributed by atoms with E-state index in [4.69, 9.17) is 15.2 Å². The van der Waals surface area contributed by atoms with Crippen molar-refractivity contribution in [1.82, 2.24) is 0 Å². The predicted molar refractivity (Wildman–Crippen MR) is 50.1 cm³/mol. The van der Waals surface area contributed by atoms with E-state index in [-0.39, 0.29) is 0 Å². The van der Waals surface area contributed by atoms with Crippen molar-refractivity contribution in [3.05, 3.63) is 0 Å². The van der Waals surface area contributed by atoms with E-state index in [2.05, 4.69) is 13.8 Å². The third-order valence-corrected chi connectivity index (χ3v) is 1.32. The SMILES string of the molecule is CC(C)COCCOCCCN. The molecule has 74 valence electrons. The Kier molecular flexibility index (Phi) is 8.88. The van der Waals surface area contributed by atoms with E-state index in [0.29, 0.717) is 25.7 Å². The van der Waals surface area contributed by atoms with Crippen molar-refractivity contribution in [2.75, 3.05) is 33.0 Å². The Balaban J connectivity index is 2.82. The van der Waals surface area contributed by atoms with Gasteiger partial charge in [0.15, 0.2) is 0 Å². The maximum absolute atomic E-state index is 5.32. The molecule has 0 rings (SSSR count). The van der Waals surface area contributed by atoms with Gasteiger partial charge >= 0.3 is 0 Å². The van der Waals surface area contributed by atoms with Crippen molar-refractivity contribution >= 4 is 0 Å². The number of ether oxygens (including phenoxy) is 2. The Bertz CT molecular complexity index is 86.6. The number of rotatable bonds is 8. The fourth-order valence-corrected chi connectivity index (χ4v) is 0.724. The molecule has 3 nitrogen and oxygen atoms in total. The molecule has 12 heavy (non-hydrogen) atoms. The van der Waals surface area contributed by atoms with E-state index < -0.39 is 0 Å². The lowest BCUT2D eigenvalue weighted by Crippen LogP contribution is -2.10. The van der Waals surface area contributed by atoms with Crippen molar-refractivity contribution in [2.45, 2.75) is 20.3 Å². The summed E-state index contributed by atoms with van der Waals surface area (Å²) in [5, 5.41) is 0. The minimum absolute atomic E-state index is 0.606. The molecule has 0 unspecified atom stereocenters. The molecule has 0 spiro atoms. The summed E-state index contributed by atoms with van der Waals surface area (Å²) in [5.41, 5.74) is 5.30. The summed E-state index contributed by atoms with van der Waals surface area (Å²) in [4.78, 5) is 0. The Hall–Kier alpha value is -0.120. The molecule has 0 amide bonds. The number of hydrogen-bond donors (Lipinski definition) is 1. The normalized spacial score (nSPS) is 11.0. The van der Waals surface area contributed by atoms with Crippen molar-refractivity contribution < 1.29 is 9.47 Å². The van der Waals surface area contributed by atoms with Gasteiger partial charge in [0, 0.05) is 13.2 Å². The first kappa shape index (κ1) is 11.9. The molecule has 0 saturated heterocycles. The monoisotopic (exact) mass is 175 g/mol. The fraction of sp³-hybridized carbons (Fsp3) is 1.00. The molecule has 0 bridgehead atoms. The second-order valence-electron chi connectivity index (χ2n) is 3.22. The zero-order chi connectivity index (χ0) is 9.23. The first-order valence-electron chi connectivity index (χ1n) is 4.63.